The molecule has 0 saturated heterocycles. The van der Waals surface area contributed by atoms with E-state index in [9.17, 15) is 9.59 Å². The second-order valence-electron chi connectivity index (χ2n) is 9.89. The van der Waals surface area contributed by atoms with Crippen LogP contribution in [-0.2, 0) is 15.1 Å². The molecule has 37 heavy (non-hydrogen) atoms. The fourth-order valence-corrected chi connectivity index (χ4v) is 9.52. The summed E-state index contributed by atoms with van der Waals surface area (Å²) in [4.78, 5) is 28.4. The number of carboxylic acid groups (broad SMARTS) is 1. The summed E-state index contributed by atoms with van der Waals surface area (Å²) in [5.74, 6) is -0.140. The van der Waals surface area contributed by atoms with Crippen LogP contribution in [0.2, 0.25) is 6.04 Å². The van der Waals surface area contributed by atoms with Gasteiger partial charge in [-0.05, 0) is 58.9 Å². The fourth-order valence-electron chi connectivity index (χ4n) is 5.42. The minimum absolute atomic E-state index is 0.126. The van der Waals surface area contributed by atoms with Crippen molar-refractivity contribution in [3.63, 3.8) is 0 Å². The van der Waals surface area contributed by atoms with Crippen LogP contribution >= 0.6 is 11.8 Å². The summed E-state index contributed by atoms with van der Waals surface area (Å²) in [7, 11) is 6.90. The maximum atomic E-state index is 13.2. The zero-order chi connectivity index (χ0) is 26.3. The number of carboxylic acids is 1. The van der Waals surface area contributed by atoms with Crippen LogP contribution in [0.15, 0.2) is 60.7 Å². The van der Waals surface area contributed by atoms with Crippen LogP contribution < -0.4 is 20.2 Å². The van der Waals surface area contributed by atoms with Crippen LogP contribution in [0.25, 0.3) is 0 Å². The van der Waals surface area contributed by atoms with E-state index in [0.717, 1.165) is 46.3 Å². The number of rotatable bonds is 8. The molecule has 0 aromatic heterocycles. The molecule has 0 bridgehead atoms. The lowest BCUT2D eigenvalue weighted by Crippen LogP contribution is -2.56. The molecule has 0 aliphatic carbocycles. The summed E-state index contributed by atoms with van der Waals surface area (Å²) in [5, 5.41) is 11.6. The van der Waals surface area contributed by atoms with Crippen LogP contribution in [0.3, 0.4) is 0 Å². The van der Waals surface area contributed by atoms with Gasteiger partial charge in [-0.1, -0.05) is 30.3 Å². The van der Waals surface area contributed by atoms with Crippen LogP contribution in [0, 0.1) is 0 Å². The van der Waals surface area contributed by atoms with Crippen LogP contribution in [0.5, 0.6) is 0 Å². The van der Waals surface area contributed by atoms with Crippen molar-refractivity contribution in [1.82, 2.24) is 0 Å². The van der Waals surface area contributed by atoms with Gasteiger partial charge < -0.3 is 19.6 Å². The third-order valence-electron chi connectivity index (χ3n) is 7.16. The number of thioether (sulfide) groups is 1. The Morgan fingerprint density at radius 1 is 0.919 bits per heavy atom. The molecule has 2 aliphatic rings. The zero-order valence-corrected chi connectivity index (χ0v) is 23.4. The summed E-state index contributed by atoms with van der Waals surface area (Å²) in [6.07, 6.45) is 0.923. The lowest BCUT2D eigenvalue weighted by molar-refractivity contribution is -0.133. The molecule has 0 saturated carbocycles. The van der Waals surface area contributed by atoms with Crippen molar-refractivity contribution in [3.05, 3.63) is 82.9 Å². The van der Waals surface area contributed by atoms with Crippen molar-refractivity contribution >= 4 is 54.2 Å². The van der Waals surface area contributed by atoms with Gasteiger partial charge >= 0.3 is 11.9 Å². The summed E-state index contributed by atoms with van der Waals surface area (Å²) >= 11 is 1.47. The van der Waals surface area contributed by atoms with Crippen molar-refractivity contribution in [2.24, 2.45) is 0 Å². The number of esters is 1. The topological polar surface area (TPSA) is 70.1 Å². The monoisotopic (exact) mass is 531 g/mol. The zero-order valence-electron chi connectivity index (χ0n) is 21.6. The largest absolute Gasteiger partial charge is 0.481 e. The van der Waals surface area contributed by atoms with Gasteiger partial charge in [0.15, 0.2) is 5.60 Å². The number of carbonyl (C=O) groups is 2. The lowest BCUT2D eigenvalue weighted by atomic mass is 9.79. The molecular weight excluding hydrogens is 500 g/mol. The molecule has 0 unspecified atom stereocenters. The fraction of sp³-hybridized carbons (Fsp3) is 0.310. The first-order chi connectivity index (χ1) is 17.7. The minimum atomic E-state index is -1.26. The highest BCUT2D eigenvalue weighted by molar-refractivity contribution is 7.99. The van der Waals surface area contributed by atoms with E-state index < -0.39 is 20.4 Å². The van der Waals surface area contributed by atoms with Crippen molar-refractivity contribution in [3.8, 4) is 0 Å². The maximum absolute atomic E-state index is 13.2. The average molecular weight is 532 g/mol. The Hall–Kier alpha value is -3.23. The molecule has 1 N–H and O–H groups in total. The first kappa shape index (κ1) is 25.4. The highest BCUT2D eigenvalue weighted by Crippen LogP contribution is 2.48. The minimum Gasteiger partial charge on any atom is -0.481 e. The number of benzene rings is 3. The molecule has 0 fully saturated rings. The Morgan fingerprint density at radius 2 is 1.51 bits per heavy atom. The molecule has 0 atom stereocenters. The third-order valence-corrected chi connectivity index (χ3v) is 11.2. The van der Waals surface area contributed by atoms with Crippen LogP contribution in [0.1, 0.15) is 33.5 Å². The molecule has 0 amide bonds. The summed E-state index contributed by atoms with van der Waals surface area (Å²) in [6.45, 7) is 0. The number of nitrogens with zero attached hydrogens (tertiary/aromatic N) is 2. The quantitative estimate of drug-likeness (QED) is 0.271. The standard InChI is InChI=1S/C29H31N2O4SSi/c1-30(2)19-10-12-23-25(16-19)37(15-7-14-36-18-27(32)33)26-17-20(31(3)4)11-13-24(26)29(23)22-9-6-5-8-21(22)28(34)35-29/h5-6,8-13,16-17H,7,14-15,18H2,1-4H3,(H,32,33). The maximum Gasteiger partial charge on any atom is 0.340 e. The predicted molar refractivity (Wildman–Crippen MR) is 153 cm³/mol. The lowest BCUT2D eigenvalue weighted by Gasteiger charge is -2.41. The normalized spacial score (nSPS) is 15.1. The van der Waals surface area contributed by atoms with Gasteiger partial charge in [-0.2, -0.15) is 11.8 Å². The number of hydrogen-bond acceptors (Lipinski definition) is 6. The number of ether oxygens (including phenoxy) is 1. The molecule has 3 aromatic rings. The van der Waals surface area contributed by atoms with Crippen molar-refractivity contribution in [1.29, 1.82) is 0 Å². The van der Waals surface area contributed by atoms with Crippen LogP contribution in [-0.4, -0.2) is 65.5 Å². The summed E-state index contributed by atoms with van der Waals surface area (Å²) in [5.41, 5.74) is 4.87. The first-order valence-corrected chi connectivity index (χ1v) is 15.2. The number of fused-ring (bicyclic) bond motifs is 6. The van der Waals surface area contributed by atoms with E-state index in [2.05, 4.69) is 46.2 Å². The third kappa shape index (κ3) is 4.32. The predicted octanol–water partition coefficient (Wildman–Crippen LogP) is 3.41. The van der Waals surface area contributed by atoms with Crippen molar-refractivity contribution in [2.75, 3.05) is 49.5 Å². The molecule has 5 rings (SSSR count). The second kappa shape index (κ2) is 9.91. The first-order valence-electron chi connectivity index (χ1n) is 12.4. The Kier molecular flexibility index (Phi) is 6.81. The Labute approximate surface area is 223 Å². The average Bonchev–Trinajstić information content (AvgIpc) is 3.17. The molecule has 2 aliphatic heterocycles. The Balaban J connectivity index is 1.71. The molecule has 191 valence electrons. The van der Waals surface area contributed by atoms with E-state index in [0.29, 0.717) is 5.56 Å². The molecule has 3 aromatic carbocycles. The molecule has 2 heterocycles. The SMILES string of the molecule is CN(C)c1ccc2c(c1)[Si](CCCSCC(=O)O)c1cc(N(C)C)ccc1C21OC(=O)c2ccccc21. The van der Waals surface area contributed by atoms with E-state index in [1.165, 1.54) is 22.1 Å². The van der Waals surface area contributed by atoms with Crippen LogP contribution in [0.4, 0.5) is 11.4 Å². The Bertz CT molecular complexity index is 1310. The number of hydrogen-bond donors (Lipinski definition) is 1. The van der Waals surface area contributed by atoms with Gasteiger partial charge in [0.25, 0.3) is 0 Å². The highest BCUT2D eigenvalue weighted by atomic mass is 32.2. The van der Waals surface area contributed by atoms with E-state index in [-0.39, 0.29) is 11.7 Å². The highest BCUT2D eigenvalue weighted by Gasteiger charge is 2.54. The number of anilines is 2. The molecular formula is C29H31N2O4SSi. The van der Waals surface area contributed by atoms with E-state index in [4.69, 9.17) is 9.84 Å². The van der Waals surface area contributed by atoms with Crippen molar-refractivity contribution in [2.45, 2.75) is 18.1 Å². The Morgan fingerprint density at radius 3 is 2.08 bits per heavy atom. The smallest absolute Gasteiger partial charge is 0.340 e. The van der Waals surface area contributed by atoms with Gasteiger partial charge in [0.05, 0.1) is 11.3 Å². The van der Waals surface area contributed by atoms with Crippen molar-refractivity contribution < 1.29 is 19.4 Å². The van der Waals surface area contributed by atoms with Gasteiger partial charge in [0.2, 0.25) is 0 Å². The van der Waals surface area contributed by atoms with Gasteiger partial charge in [-0.25, -0.2) is 4.79 Å². The second-order valence-corrected chi connectivity index (χ2v) is 13.5. The molecule has 1 radical (unpaired) electrons. The van der Waals surface area contributed by atoms with Gasteiger partial charge in [0.1, 0.15) is 8.80 Å². The number of aliphatic carboxylic acids is 1. The number of carbonyl (C=O) groups excluding carboxylic acids is 1. The van der Waals surface area contributed by atoms with E-state index >= 15 is 0 Å². The van der Waals surface area contributed by atoms with Gasteiger partial charge in [0, 0.05) is 56.3 Å². The molecule has 8 heteroatoms. The summed E-state index contributed by atoms with van der Waals surface area (Å²) in [6, 6.07) is 21.8. The van der Waals surface area contributed by atoms with Gasteiger partial charge in [-0.3, -0.25) is 4.79 Å². The van der Waals surface area contributed by atoms with E-state index in [1.807, 2.05) is 52.5 Å². The summed E-state index contributed by atoms with van der Waals surface area (Å²) < 4.78 is 6.41. The van der Waals surface area contributed by atoms with Gasteiger partial charge in [-0.15, -0.1) is 0 Å². The molecule has 6 nitrogen and oxygen atoms in total. The van der Waals surface area contributed by atoms with E-state index in [1.54, 1.807) is 0 Å². The molecule has 1 spiro atoms.